The van der Waals surface area contributed by atoms with Crippen LogP contribution in [0.1, 0.15) is 29.8 Å². The van der Waals surface area contributed by atoms with Crippen molar-refractivity contribution in [1.82, 2.24) is 5.43 Å². The first-order valence-corrected chi connectivity index (χ1v) is 9.03. The van der Waals surface area contributed by atoms with Crippen molar-refractivity contribution in [3.8, 4) is 5.75 Å². The number of nitrogens with one attached hydrogen (secondary N) is 1. The summed E-state index contributed by atoms with van der Waals surface area (Å²) in [5.41, 5.74) is 4.60. The number of phenols is 1. The zero-order valence-corrected chi connectivity index (χ0v) is 15.5. The Morgan fingerprint density at radius 2 is 1.81 bits per heavy atom. The second-order valence-electron chi connectivity index (χ2n) is 6.14. The van der Waals surface area contributed by atoms with Gasteiger partial charge in [-0.2, -0.15) is 5.10 Å². The van der Waals surface area contributed by atoms with Crippen LogP contribution in [-0.2, 0) is 0 Å². The van der Waals surface area contributed by atoms with E-state index in [4.69, 9.17) is 0 Å². The maximum Gasteiger partial charge on any atom is 0.271 e. The summed E-state index contributed by atoms with van der Waals surface area (Å²) in [6.07, 6.45) is 1.45. The molecule has 3 aromatic rings. The molecule has 2 N–H and O–H groups in total. The lowest BCUT2D eigenvalue weighted by Crippen LogP contribution is -2.21. The van der Waals surface area contributed by atoms with Gasteiger partial charge in [0.15, 0.2) is 0 Å². The number of amides is 1. The van der Waals surface area contributed by atoms with E-state index in [1.165, 1.54) is 6.21 Å². The quantitative estimate of drug-likeness (QED) is 0.512. The molecule has 0 fully saturated rings. The van der Waals surface area contributed by atoms with Gasteiger partial charge in [0.25, 0.3) is 5.91 Å². The Bertz CT molecular complexity index is 973. The Labute approximate surface area is 158 Å². The van der Waals surface area contributed by atoms with Crippen molar-refractivity contribution in [3.05, 3.63) is 71.8 Å². The third-order valence-electron chi connectivity index (χ3n) is 4.55. The Balaban J connectivity index is 1.74. The van der Waals surface area contributed by atoms with Crippen molar-refractivity contribution in [2.75, 3.05) is 18.0 Å². The molecule has 0 heterocycles. The molecule has 0 saturated carbocycles. The molecule has 0 aliphatic heterocycles. The van der Waals surface area contributed by atoms with E-state index in [0.717, 1.165) is 29.5 Å². The first kappa shape index (κ1) is 18.5. The maximum atomic E-state index is 12.5. The summed E-state index contributed by atoms with van der Waals surface area (Å²) in [6.45, 7) is 5.87. The van der Waals surface area contributed by atoms with Crippen molar-refractivity contribution < 1.29 is 9.90 Å². The van der Waals surface area contributed by atoms with Gasteiger partial charge in [-0.3, -0.25) is 4.79 Å². The van der Waals surface area contributed by atoms with Gasteiger partial charge in [0, 0.05) is 36.0 Å². The van der Waals surface area contributed by atoms with Crippen LogP contribution in [0.5, 0.6) is 5.75 Å². The third-order valence-corrected chi connectivity index (χ3v) is 4.55. The number of benzene rings is 3. The second-order valence-corrected chi connectivity index (χ2v) is 6.14. The number of hydrazone groups is 1. The molecule has 138 valence electrons. The molecule has 0 unspecified atom stereocenters. The number of hydrogen-bond acceptors (Lipinski definition) is 4. The number of hydrogen-bond donors (Lipinski definition) is 2. The van der Waals surface area contributed by atoms with Crippen LogP contribution in [0.2, 0.25) is 0 Å². The second kappa shape index (κ2) is 8.36. The van der Waals surface area contributed by atoms with Gasteiger partial charge in [-0.05, 0) is 42.8 Å². The number of anilines is 1. The third kappa shape index (κ3) is 4.08. The van der Waals surface area contributed by atoms with Gasteiger partial charge < -0.3 is 10.0 Å². The fourth-order valence-corrected chi connectivity index (χ4v) is 3.07. The predicted molar refractivity (Wildman–Crippen MR) is 111 cm³/mol. The highest BCUT2D eigenvalue weighted by atomic mass is 16.3. The number of carbonyl (C=O) groups excluding carboxylic acids is 1. The molecule has 5 heteroatoms. The van der Waals surface area contributed by atoms with E-state index in [1.807, 2.05) is 42.5 Å². The predicted octanol–water partition coefficient (Wildman–Crippen LogP) is 4.16. The lowest BCUT2D eigenvalue weighted by molar-refractivity contribution is 0.0957. The van der Waals surface area contributed by atoms with Crippen LogP contribution in [0, 0.1) is 0 Å². The minimum Gasteiger partial charge on any atom is -0.507 e. The molecule has 0 aliphatic carbocycles. The molecule has 3 rings (SSSR count). The fourth-order valence-electron chi connectivity index (χ4n) is 3.07. The van der Waals surface area contributed by atoms with Gasteiger partial charge in [0.05, 0.1) is 6.21 Å². The molecular formula is C22H23N3O2. The van der Waals surface area contributed by atoms with Crippen LogP contribution < -0.4 is 10.3 Å². The smallest absolute Gasteiger partial charge is 0.271 e. The van der Waals surface area contributed by atoms with E-state index < -0.39 is 0 Å². The van der Waals surface area contributed by atoms with Gasteiger partial charge in [0.2, 0.25) is 0 Å². The number of carbonyl (C=O) groups is 1. The van der Waals surface area contributed by atoms with E-state index in [2.05, 4.69) is 29.3 Å². The topological polar surface area (TPSA) is 64.9 Å². The number of aromatic hydroxyl groups is 1. The summed E-state index contributed by atoms with van der Waals surface area (Å²) in [4.78, 5) is 14.6. The minimum atomic E-state index is -0.290. The van der Waals surface area contributed by atoms with Crippen LogP contribution in [-0.4, -0.2) is 30.3 Å². The lowest BCUT2D eigenvalue weighted by Gasteiger charge is -2.21. The summed E-state index contributed by atoms with van der Waals surface area (Å²) in [5, 5.41) is 16.1. The van der Waals surface area contributed by atoms with Crippen LogP contribution in [0.25, 0.3) is 10.8 Å². The molecule has 0 radical (unpaired) electrons. The Morgan fingerprint density at radius 3 is 2.56 bits per heavy atom. The average molecular weight is 361 g/mol. The van der Waals surface area contributed by atoms with Crippen LogP contribution in [0.3, 0.4) is 0 Å². The number of fused-ring (bicyclic) bond motifs is 1. The number of phenolic OH excluding ortho intramolecular Hbond substituents is 1. The molecule has 0 atom stereocenters. The van der Waals surface area contributed by atoms with Crippen molar-refractivity contribution in [1.29, 1.82) is 0 Å². The van der Waals surface area contributed by atoms with Crippen molar-refractivity contribution >= 4 is 28.6 Å². The molecule has 3 aromatic carbocycles. The summed E-state index contributed by atoms with van der Waals surface area (Å²) in [5.74, 6) is -0.162. The van der Waals surface area contributed by atoms with E-state index in [9.17, 15) is 9.90 Å². The van der Waals surface area contributed by atoms with Gasteiger partial charge >= 0.3 is 0 Å². The Hall–Kier alpha value is -3.34. The molecule has 0 spiro atoms. The molecule has 0 bridgehead atoms. The molecular weight excluding hydrogens is 338 g/mol. The largest absolute Gasteiger partial charge is 0.507 e. The average Bonchev–Trinajstić information content (AvgIpc) is 2.70. The Morgan fingerprint density at radius 1 is 1.07 bits per heavy atom. The highest BCUT2D eigenvalue weighted by Crippen LogP contribution is 2.23. The van der Waals surface area contributed by atoms with Crippen molar-refractivity contribution in [2.45, 2.75) is 13.8 Å². The van der Waals surface area contributed by atoms with Gasteiger partial charge in [-0.1, -0.05) is 36.4 Å². The Kier molecular flexibility index (Phi) is 5.71. The molecule has 0 aromatic heterocycles. The van der Waals surface area contributed by atoms with E-state index in [0.29, 0.717) is 11.1 Å². The standard InChI is InChI=1S/C22H23N3O2/c1-3-25(4-2)18-13-12-17(21(26)14-18)15-23-24-22(27)20-11-7-9-16-8-5-6-10-19(16)20/h5-15,26H,3-4H2,1-2H3,(H,24,27)/b23-15+. The van der Waals surface area contributed by atoms with E-state index in [-0.39, 0.29) is 11.7 Å². The summed E-state index contributed by atoms with van der Waals surface area (Å²) in [6, 6.07) is 18.7. The van der Waals surface area contributed by atoms with E-state index in [1.54, 1.807) is 18.2 Å². The van der Waals surface area contributed by atoms with Crippen molar-refractivity contribution in [3.63, 3.8) is 0 Å². The zero-order chi connectivity index (χ0) is 19.2. The van der Waals surface area contributed by atoms with Gasteiger partial charge in [-0.25, -0.2) is 5.43 Å². The van der Waals surface area contributed by atoms with Crippen LogP contribution in [0.4, 0.5) is 5.69 Å². The molecule has 0 aliphatic rings. The molecule has 5 nitrogen and oxygen atoms in total. The number of rotatable bonds is 6. The number of nitrogens with zero attached hydrogens (tertiary/aromatic N) is 2. The van der Waals surface area contributed by atoms with Crippen LogP contribution in [0.15, 0.2) is 65.8 Å². The SMILES string of the molecule is CCN(CC)c1ccc(/C=N/NC(=O)c2cccc3ccccc23)c(O)c1. The first-order chi connectivity index (χ1) is 13.1. The summed E-state index contributed by atoms with van der Waals surface area (Å²) < 4.78 is 0. The van der Waals surface area contributed by atoms with Gasteiger partial charge in [-0.15, -0.1) is 0 Å². The summed E-state index contributed by atoms with van der Waals surface area (Å²) >= 11 is 0. The normalized spacial score (nSPS) is 11.0. The van der Waals surface area contributed by atoms with Crippen LogP contribution >= 0.6 is 0 Å². The molecule has 0 saturated heterocycles. The maximum absolute atomic E-state index is 12.5. The molecule has 1 amide bonds. The lowest BCUT2D eigenvalue weighted by atomic mass is 10.0. The highest BCUT2D eigenvalue weighted by molar-refractivity contribution is 6.07. The van der Waals surface area contributed by atoms with E-state index >= 15 is 0 Å². The zero-order valence-electron chi connectivity index (χ0n) is 15.5. The van der Waals surface area contributed by atoms with Gasteiger partial charge in [0.1, 0.15) is 5.75 Å². The minimum absolute atomic E-state index is 0.127. The van der Waals surface area contributed by atoms with Crippen molar-refractivity contribution in [2.24, 2.45) is 5.10 Å². The monoisotopic (exact) mass is 361 g/mol. The first-order valence-electron chi connectivity index (χ1n) is 9.03. The highest BCUT2D eigenvalue weighted by Gasteiger charge is 2.09. The summed E-state index contributed by atoms with van der Waals surface area (Å²) in [7, 11) is 0. The molecule has 27 heavy (non-hydrogen) atoms. The fraction of sp³-hybridized carbons (Fsp3) is 0.182.